The van der Waals surface area contributed by atoms with Crippen LogP contribution in [0, 0.1) is 0 Å². The van der Waals surface area contributed by atoms with E-state index in [0.717, 1.165) is 22.1 Å². The zero-order valence-electron chi connectivity index (χ0n) is 25.1. The molecular formula is C37H32N2O5S. The first-order valence-electron chi connectivity index (χ1n) is 14.7. The third kappa shape index (κ3) is 6.23. The SMILES string of the molecule is C=CCOc1ccc([C@H]2C(C(=O)OCC)=C(C)N=c3s/c(=C\c4cccc(OCc5cccc6ccccc56)c4)c(=O)n32)cc1. The van der Waals surface area contributed by atoms with Gasteiger partial charge >= 0.3 is 5.97 Å². The van der Waals surface area contributed by atoms with Crippen LogP contribution in [0.25, 0.3) is 16.8 Å². The van der Waals surface area contributed by atoms with Crippen molar-refractivity contribution < 1.29 is 19.0 Å². The molecule has 1 aliphatic heterocycles. The maximum absolute atomic E-state index is 14.0. The molecule has 8 heteroatoms. The first kappa shape index (κ1) is 29.8. The van der Waals surface area contributed by atoms with Crippen molar-refractivity contribution in [2.75, 3.05) is 13.2 Å². The first-order chi connectivity index (χ1) is 22.0. The Balaban J connectivity index is 1.35. The minimum absolute atomic E-state index is 0.208. The Morgan fingerprint density at radius 1 is 0.978 bits per heavy atom. The summed E-state index contributed by atoms with van der Waals surface area (Å²) in [4.78, 5) is 32.4. The van der Waals surface area contributed by atoms with Gasteiger partial charge in [-0.2, -0.15) is 0 Å². The van der Waals surface area contributed by atoms with Crippen LogP contribution in [0.3, 0.4) is 0 Å². The van der Waals surface area contributed by atoms with Crippen molar-refractivity contribution in [1.29, 1.82) is 0 Å². The summed E-state index contributed by atoms with van der Waals surface area (Å²) in [5.41, 5.74) is 3.26. The van der Waals surface area contributed by atoms with Gasteiger partial charge in [-0.25, -0.2) is 9.79 Å². The number of aromatic nitrogens is 1. The lowest BCUT2D eigenvalue weighted by Crippen LogP contribution is -2.39. The molecule has 1 atom stereocenters. The van der Waals surface area contributed by atoms with E-state index in [1.807, 2.05) is 72.8 Å². The third-order valence-electron chi connectivity index (χ3n) is 7.51. The molecule has 0 unspecified atom stereocenters. The standard InChI is InChI=1S/C37H32N2O5S/c1-4-20-43-29-18-16-27(17-19-29)34-33(36(41)42-5-2)24(3)38-37-39(34)35(40)32(45-37)22-25-10-8-14-30(21-25)44-23-28-13-9-12-26-11-6-7-15-31(26)28/h4,6-19,21-22,34H,1,5,20,23H2,2-3H3/b32-22-/t34-/m0/s1. The number of fused-ring (bicyclic) bond motifs is 2. The summed E-state index contributed by atoms with van der Waals surface area (Å²) in [5, 5.41) is 2.32. The van der Waals surface area contributed by atoms with Crippen LogP contribution in [0.4, 0.5) is 0 Å². The van der Waals surface area contributed by atoms with Crippen LogP contribution < -0.4 is 24.4 Å². The van der Waals surface area contributed by atoms with Crippen LogP contribution >= 0.6 is 11.3 Å². The second kappa shape index (κ2) is 13.2. The van der Waals surface area contributed by atoms with E-state index in [1.165, 1.54) is 16.7 Å². The summed E-state index contributed by atoms with van der Waals surface area (Å²) in [6, 6.07) is 28.7. The molecule has 226 valence electrons. The molecule has 0 spiro atoms. The highest BCUT2D eigenvalue weighted by Gasteiger charge is 2.33. The van der Waals surface area contributed by atoms with E-state index in [4.69, 9.17) is 14.2 Å². The molecule has 0 radical (unpaired) electrons. The van der Waals surface area contributed by atoms with Crippen LogP contribution in [0.1, 0.15) is 36.6 Å². The number of thiazole rings is 1. The van der Waals surface area contributed by atoms with E-state index < -0.39 is 12.0 Å². The van der Waals surface area contributed by atoms with Crippen LogP contribution in [-0.4, -0.2) is 23.8 Å². The van der Waals surface area contributed by atoms with Crippen LogP contribution in [0.5, 0.6) is 11.5 Å². The molecule has 1 aliphatic rings. The maximum Gasteiger partial charge on any atom is 0.338 e. The fraction of sp³-hybridized carbons (Fsp3) is 0.162. The highest BCUT2D eigenvalue weighted by atomic mass is 32.1. The quantitative estimate of drug-likeness (QED) is 0.140. The van der Waals surface area contributed by atoms with Gasteiger partial charge in [-0.15, -0.1) is 0 Å². The predicted molar refractivity (Wildman–Crippen MR) is 177 cm³/mol. The number of carbonyl (C=O) groups excluding carboxylic acids is 1. The van der Waals surface area contributed by atoms with Gasteiger partial charge in [-0.1, -0.05) is 90.7 Å². The summed E-state index contributed by atoms with van der Waals surface area (Å²) in [6.07, 6.45) is 3.50. The molecule has 0 saturated heterocycles. The average Bonchev–Trinajstić information content (AvgIpc) is 3.36. The molecular weight excluding hydrogens is 584 g/mol. The maximum atomic E-state index is 14.0. The molecule has 6 rings (SSSR count). The Hall–Kier alpha value is -5.21. The number of esters is 1. The number of ether oxygens (including phenoxy) is 3. The van der Waals surface area contributed by atoms with Gasteiger partial charge in [-0.3, -0.25) is 9.36 Å². The number of carbonyl (C=O) groups is 1. The highest BCUT2D eigenvalue weighted by Crippen LogP contribution is 2.32. The third-order valence-corrected chi connectivity index (χ3v) is 8.49. The van der Waals surface area contributed by atoms with Gasteiger partial charge in [0.1, 0.15) is 24.7 Å². The van der Waals surface area contributed by atoms with Crippen molar-refractivity contribution in [3.8, 4) is 11.5 Å². The van der Waals surface area contributed by atoms with Crippen molar-refractivity contribution in [3.05, 3.63) is 151 Å². The zero-order chi connectivity index (χ0) is 31.3. The van der Waals surface area contributed by atoms with E-state index in [-0.39, 0.29) is 12.2 Å². The molecule has 0 aliphatic carbocycles. The Morgan fingerprint density at radius 3 is 2.56 bits per heavy atom. The first-order valence-corrected chi connectivity index (χ1v) is 15.5. The molecule has 5 aromatic rings. The molecule has 0 fully saturated rings. The lowest BCUT2D eigenvalue weighted by atomic mass is 9.96. The van der Waals surface area contributed by atoms with Crippen LogP contribution in [0.15, 0.2) is 125 Å². The van der Waals surface area contributed by atoms with E-state index in [0.29, 0.717) is 45.3 Å². The Morgan fingerprint density at radius 2 is 1.76 bits per heavy atom. The van der Waals surface area contributed by atoms with E-state index in [2.05, 4.69) is 35.8 Å². The van der Waals surface area contributed by atoms with Gasteiger partial charge in [0.2, 0.25) is 0 Å². The van der Waals surface area contributed by atoms with Crippen LogP contribution in [0.2, 0.25) is 0 Å². The van der Waals surface area contributed by atoms with E-state index in [1.54, 1.807) is 24.5 Å². The Bertz CT molecular complexity index is 2100. The fourth-order valence-corrected chi connectivity index (χ4v) is 6.48. The second-order valence-corrected chi connectivity index (χ2v) is 11.5. The summed E-state index contributed by atoms with van der Waals surface area (Å²) in [6.45, 7) is 8.21. The van der Waals surface area contributed by atoms with Crippen molar-refractivity contribution in [1.82, 2.24) is 4.57 Å². The molecule has 1 aromatic heterocycles. The molecule has 0 saturated carbocycles. The largest absolute Gasteiger partial charge is 0.490 e. The van der Waals surface area contributed by atoms with Crippen molar-refractivity contribution in [2.45, 2.75) is 26.5 Å². The summed E-state index contributed by atoms with van der Waals surface area (Å²) < 4.78 is 19.3. The zero-order valence-corrected chi connectivity index (χ0v) is 25.9. The molecule has 0 amide bonds. The lowest BCUT2D eigenvalue weighted by molar-refractivity contribution is -0.139. The molecule has 0 bridgehead atoms. The van der Waals surface area contributed by atoms with E-state index in [9.17, 15) is 9.59 Å². The minimum atomic E-state index is -0.703. The smallest absolute Gasteiger partial charge is 0.338 e. The summed E-state index contributed by atoms with van der Waals surface area (Å²) >= 11 is 1.28. The van der Waals surface area contributed by atoms with Gasteiger partial charge in [0.15, 0.2) is 4.80 Å². The number of hydrogen-bond donors (Lipinski definition) is 0. The Kier molecular flexibility index (Phi) is 8.75. The monoisotopic (exact) mass is 616 g/mol. The highest BCUT2D eigenvalue weighted by molar-refractivity contribution is 7.07. The summed E-state index contributed by atoms with van der Waals surface area (Å²) in [7, 11) is 0. The predicted octanol–water partition coefficient (Wildman–Crippen LogP) is 6.10. The average molecular weight is 617 g/mol. The van der Waals surface area contributed by atoms with Gasteiger partial charge < -0.3 is 14.2 Å². The molecule has 7 nitrogen and oxygen atoms in total. The minimum Gasteiger partial charge on any atom is -0.490 e. The molecule has 45 heavy (non-hydrogen) atoms. The van der Waals surface area contributed by atoms with Gasteiger partial charge in [-0.05, 0) is 71.7 Å². The summed E-state index contributed by atoms with van der Waals surface area (Å²) in [5.74, 6) is 0.856. The van der Waals surface area contributed by atoms with Gasteiger partial charge in [0.05, 0.1) is 28.5 Å². The Labute approximate surface area is 264 Å². The normalized spacial score (nSPS) is 14.5. The molecule has 0 N–H and O–H groups in total. The van der Waals surface area contributed by atoms with Gasteiger partial charge in [0, 0.05) is 0 Å². The van der Waals surface area contributed by atoms with Crippen molar-refractivity contribution in [2.24, 2.45) is 4.99 Å². The molecule has 4 aromatic carbocycles. The number of nitrogens with zero attached hydrogens (tertiary/aromatic N) is 2. The number of benzene rings is 4. The number of rotatable bonds is 10. The van der Waals surface area contributed by atoms with Crippen molar-refractivity contribution in [3.63, 3.8) is 0 Å². The lowest BCUT2D eigenvalue weighted by Gasteiger charge is -2.24. The molecule has 2 heterocycles. The number of allylic oxidation sites excluding steroid dienone is 1. The van der Waals surface area contributed by atoms with Crippen LogP contribution in [-0.2, 0) is 16.1 Å². The van der Waals surface area contributed by atoms with Gasteiger partial charge in [0.25, 0.3) is 5.56 Å². The van der Waals surface area contributed by atoms with Crippen molar-refractivity contribution >= 4 is 34.2 Å². The second-order valence-electron chi connectivity index (χ2n) is 10.5. The number of hydrogen-bond acceptors (Lipinski definition) is 7. The topological polar surface area (TPSA) is 79.1 Å². The van der Waals surface area contributed by atoms with E-state index >= 15 is 0 Å². The fourth-order valence-electron chi connectivity index (χ4n) is 5.43.